The van der Waals surface area contributed by atoms with E-state index in [1.165, 1.54) is 17.3 Å². The van der Waals surface area contributed by atoms with Crippen LogP contribution in [0.2, 0.25) is 0 Å². The van der Waals surface area contributed by atoms with Crippen LogP contribution in [0.1, 0.15) is 11.1 Å². The van der Waals surface area contributed by atoms with E-state index in [9.17, 15) is 4.39 Å². The summed E-state index contributed by atoms with van der Waals surface area (Å²) in [6, 6.07) is 15.3. The van der Waals surface area contributed by atoms with Gasteiger partial charge in [0.25, 0.3) is 0 Å². The van der Waals surface area contributed by atoms with Gasteiger partial charge >= 0.3 is 0 Å². The Hall–Kier alpha value is -2.09. The molecular weight excluding hydrogens is 454 g/mol. The maximum Gasteiger partial charge on any atom is 0.191 e. The first-order chi connectivity index (χ1) is 12.7. The lowest BCUT2D eigenvalue weighted by atomic mass is 10.1. The molecule has 2 aromatic rings. The first-order valence-electron chi connectivity index (χ1n) is 8.92. The van der Waals surface area contributed by atoms with Crippen LogP contribution in [0.4, 0.5) is 10.1 Å². The Labute approximate surface area is 177 Å². The van der Waals surface area contributed by atoms with Gasteiger partial charge in [0.1, 0.15) is 5.82 Å². The number of benzene rings is 2. The van der Waals surface area contributed by atoms with Crippen LogP contribution in [0, 0.1) is 5.82 Å². The average molecular weight is 480 g/mol. The lowest BCUT2D eigenvalue weighted by Gasteiger charge is -2.18. The first-order valence-corrected chi connectivity index (χ1v) is 8.92. The van der Waals surface area contributed by atoms with Crippen LogP contribution < -0.4 is 15.5 Å². The van der Waals surface area contributed by atoms with Crippen molar-refractivity contribution in [1.82, 2.24) is 10.6 Å². The number of hydrogen-bond acceptors (Lipinski definition) is 2. The fraction of sp³-hybridized carbons (Fsp3) is 0.286. The van der Waals surface area contributed by atoms with Crippen molar-refractivity contribution in [3.63, 3.8) is 0 Å². The van der Waals surface area contributed by atoms with Crippen LogP contribution in [0.15, 0.2) is 65.7 Å². The van der Waals surface area contributed by atoms with Crippen molar-refractivity contribution in [3.8, 4) is 0 Å². The molecule has 1 heterocycles. The quantitative estimate of drug-likeness (QED) is 0.287. The molecule has 27 heavy (non-hydrogen) atoms. The third-order valence-corrected chi connectivity index (χ3v) is 4.40. The number of guanidine groups is 1. The van der Waals surface area contributed by atoms with Crippen molar-refractivity contribution in [2.75, 3.05) is 31.6 Å². The molecular formula is C21H26FIN4. The Morgan fingerprint density at radius 2 is 1.78 bits per heavy atom. The minimum Gasteiger partial charge on any atom is -0.364 e. The summed E-state index contributed by atoms with van der Waals surface area (Å²) in [4.78, 5) is 6.56. The molecule has 0 aromatic heterocycles. The maximum atomic E-state index is 13.2. The minimum atomic E-state index is -0.196. The van der Waals surface area contributed by atoms with E-state index in [1.807, 2.05) is 6.07 Å². The minimum absolute atomic E-state index is 0. The van der Waals surface area contributed by atoms with Gasteiger partial charge in [-0.05, 0) is 41.8 Å². The molecule has 2 aromatic carbocycles. The number of nitrogens with one attached hydrogen (secondary N) is 2. The van der Waals surface area contributed by atoms with Crippen LogP contribution in [-0.4, -0.2) is 32.6 Å². The summed E-state index contributed by atoms with van der Waals surface area (Å²) in [6.45, 7) is 3.38. The van der Waals surface area contributed by atoms with Crippen molar-refractivity contribution in [1.29, 1.82) is 0 Å². The van der Waals surface area contributed by atoms with E-state index in [1.54, 1.807) is 19.2 Å². The molecule has 3 rings (SSSR count). The topological polar surface area (TPSA) is 39.7 Å². The average Bonchev–Trinajstić information content (AvgIpc) is 3.20. The Morgan fingerprint density at radius 1 is 1.04 bits per heavy atom. The van der Waals surface area contributed by atoms with Gasteiger partial charge in [-0.3, -0.25) is 4.99 Å². The SMILES string of the molecule is CN=C(NCCc1cccc(F)c1)NCc1ccc(N2CC=CC2)cc1.I. The Morgan fingerprint density at radius 3 is 2.44 bits per heavy atom. The molecule has 0 saturated heterocycles. The number of aliphatic imine (C=N–C) groups is 1. The summed E-state index contributed by atoms with van der Waals surface area (Å²) in [6.07, 6.45) is 5.13. The van der Waals surface area contributed by atoms with E-state index in [2.05, 4.69) is 56.9 Å². The summed E-state index contributed by atoms with van der Waals surface area (Å²) in [5.41, 5.74) is 3.42. The zero-order valence-corrected chi connectivity index (χ0v) is 17.8. The van der Waals surface area contributed by atoms with E-state index in [-0.39, 0.29) is 29.8 Å². The number of hydrogen-bond donors (Lipinski definition) is 2. The molecule has 6 heteroatoms. The van der Waals surface area contributed by atoms with Gasteiger partial charge in [0, 0.05) is 38.9 Å². The number of rotatable bonds is 6. The van der Waals surface area contributed by atoms with Gasteiger partial charge < -0.3 is 15.5 Å². The Bertz CT molecular complexity index is 766. The van der Waals surface area contributed by atoms with Gasteiger partial charge in [-0.25, -0.2) is 4.39 Å². The van der Waals surface area contributed by atoms with E-state index in [4.69, 9.17) is 0 Å². The van der Waals surface area contributed by atoms with Gasteiger partial charge in [0.05, 0.1) is 0 Å². The summed E-state index contributed by atoms with van der Waals surface area (Å²) in [5.74, 6) is 0.549. The van der Waals surface area contributed by atoms with Gasteiger partial charge in [-0.15, -0.1) is 24.0 Å². The van der Waals surface area contributed by atoms with E-state index in [0.717, 1.165) is 31.0 Å². The number of nitrogens with zero attached hydrogens (tertiary/aromatic N) is 2. The van der Waals surface area contributed by atoms with Crippen molar-refractivity contribution < 1.29 is 4.39 Å². The molecule has 0 atom stereocenters. The normalized spacial score (nSPS) is 13.4. The summed E-state index contributed by atoms with van der Waals surface area (Å²) >= 11 is 0. The fourth-order valence-corrected chi connectivity index (χ4v) is 2.94. The molecule has 0 radical (unpaired) electrons. The van der Waals surface area contributed by atoms with Crippen molar-refractivity contribution in [2.45, 2.75) is 13.0 Å². The lowest BCUT2D eigenvalue weighted by Crippen LogP contribution is -2.37. The molecule has 0 unspecified atom stereocenters. The molecule has 0 fully saturated rings. The van der Waals surface area contributed by atoms with Crippen LogP contribution in [0.25, 0.3) is 0 Å². The second-order valence-corrected chi connectivity index (χ2v) is 6.28. The van der Waals surface area contributed by atoms with Gasteiger partial charge in [-0.1, -0.05) is 36.4 Å². The molecule has 1 aliphatic rings. The number of anilines is 1. The predicted octanol–water partition coefficient (Wildman–Crippen LogP) is 3.73. The van der Waals surface area contributed by atoms with Crippen molar-refractivity contribution >= 4 is 35.6 Å². The molecule has 1 aliphatic heterocycles. The van der Waals surface area contributed by atoms with Crippen LogP contribution in [0.5, 0.6) is 0 Å². The van der Waals surface area contributed by atoms with Crippen LogP contribution >= 0.6 is 24.0 Å². The van der Waals surface area contributed by atoms with Crippen molar-refractivity contribution in [2.24, 2.45) is 4.99 Å². The van der Waals surface area contributed by atoms with E-state index in [0.29, 0.717) is 13.1 Å². The zero-order chi connectivity index (χ0) is 18.2. The monoisotopic (exact) mass is 480 g/mol. The van der Waals surface area contributed by atoms with E-state index >= 15 is 0 Å². The lowest BCUT2D eigenvalue weighted by molar-refractivity contribution is 0.625. The Kier molecular flexibility index (Phi) is 8.57. The van der Waals surface area contributed by atoms with E-state index < -0.39 is 0 Å². The number of halogens is 2. The zero-order valence-electron chi connectivity index (χ0n) is 15.5. The molecule has 4 nitrogen and oxygen atoms in total. The second-order valence-electron chi connectivity index (χ2n) is 6.28. The molecule has 0 amide bonds. The second kappa shape index (κ2) is 10.9. The highest BCUT2D eigenvalue weighted by Crippen LogP contribution is 2.17. The highest BCUT2D eigenvalue weighted by molar-refractivity contribution is 14.0. The summed E-state index contributed by atoms with van der Waals surface area (Å²) in [5, 5.41) is 6.57. The highest BCUT2D eigenvalue weighted by Gasteiger charge is 2.07. The van der Waals surface area contributed by atoms with Gasteiger partial charge in [-0.2, -0.15) is 0 Å². The summed E-state index contributed by atoms with van der Waals surface area (Å²) < 4.78 is 13.2. The van der Waals surface area contributed by atoms with Gasteiger partial charge in [0.2, 0.25) is 0 Å². The Balaban J connectivity index is 0.00000261. The largest absolute Gasteiger partial charge is 0.364 e. The third-order valence-electron chi connectivity index (χ3n) is 4.40. The summed E-state index contributed by atoms with van der Waals surface area (Å²) in [7, 11) is 1.75. The standard InChI is InChI=1S/C21H25FN4.HI/c1-23-21(24-12-11-17-5-4-6-19(22)15-17)25-16-18-7-9-20(10-8-18)26-13-2-3-14-26;/h2-10,15H,11-14,16H2,1H3,(H2,23,24,25);1H. The molecule has 0 aliphatic carbocycles. The molecule has 0 spiro atoms. The smallest absolute Gasteiger partial charge is 0.191 e. The van der Waals surface area contributed by atoms with Crippen LogP contribution in [0.3, 0.4) is 0 Å². The highest BCUT2D eigenvalue weighted by atomic mass is 127. The predicted molar refractivity (Wildman–Crippen MR) is 122 cm³/mol. The van der Waals surface area contributed by atoms with Crippen molar-refractivity contribution in [3.05, 3.63) is 77.6 Å². The molecule has 0 bridgehead atoms. The molecule has 0 saturated carbocycles. The molecule has 144 valence electrons. The third kappa shape index (κ3) is 6.53. The maximum absolute atomic E-state index is 13.2. The fourth-order valence-electron chi connectivity index (χ4n) is 2.94. The van der Waals surface area contributed by atoms with Gasteiger partial charge in [0.15, 0.2) is 5.96 Å². The first kappa shape index (κ1) is 21.2. The molecule has 2 N–H and O–H groups in total. The van der Waals surface area contributed by atoms with Crippen LogP contribution in [-0.2, 0) is 13.0 Å².